The van der Waals surface area contributed by atoms with E-state index in [2.05, 4.69) is 10.2 Å². The van der Waals surface area contributed by atoms with E-state index >= 15 is 0 Å². The van der Waals surface area contributed by atoms with Crippen molar-refractivity contribution in [1.29, 1.82) is 0 Å². The molecular weight excluding hydrogens is 362 g/mol. The molecule has 0 spiro atoms. The second-order valence-electron chi connectivity index (χ2n) is 6.44. The van der Waals surface area contributed by atoms with Crippen molar-refractivity contribution in [2.24, 2.45) is 0 Å². The van der Waals surface area contributed by atoms with E-state index in [-0.39, 0.29) is 10.8 Å². The Morgan fingerprint density at radius 2 is 1.63 bits per heavy atom. The molecule has 2 rings (SSSR count). The normalized spacial score (nSPS) is 11.4. The molecule has 0 aliphatic heterocycles. The highest BCUT2D eigenvalue weighted by Gasteiger charge is 2.23. The number of hydrogen-bond donors (Lipinski definition) is 1. The Hall–Kier alpha value is -2.38. The zero-order valence-corrected chi connectivity index (χ0v) is 16.9. The lowest BCUT2D eigenvalue weighted by Gasteiger charge is -2.23. The summed E-state index contributed by atoms with van der Waals surface area (Å²) >= 11 is 0. The zero-order valence-electron chi connectivity index (χ0n) is 16.1. The standard InChI is InChI=1S/C20H27N3O3S/c1-4-23(27(25,26)19-9-6-5-7-10-19)18-13-11-17(12-14-18)20(24)21-15-8-16-22(2)3/h5-7,9-14H,4,8,15-16H2,1-3H3,(H,21,24). The summed E-state index contributed by atoms with van der Waals surface area (Å²) in [5.74, 6) is -0.158. The fourth-order valence-electron chi connectivity index (χ4n) is 2.69. The van der Waals surface area contributed by atoms with Crippen LogP contribution >= 0.6 is 0 Å². The number of amides is 1. The topological polar surface area (TPSA) is 69.7 Å². The lowest BCUT2D eigenvalue weighted by atomic mass is 10.2. The van der Waals surface area contributed by atoms with Crippen LogP contribution in [0.1, 0.15) is 23.7 Å². The van der Waals surface area contributed by atoms with Crippen LogP contribution in [0.5, 0.6) is 0 Å². The Bertz CT molecular complexity index is 835. The summed E-state index contributed by atoms with van der Waals surface area (Å²) in [5.41, 5.74) is 1.04. The van der Waals surface area contributed by atoms with E-state index in [9.17, 15) is 13.2 Å². The highest BCUT2D eigenvalue weighted by Crippen LogP contribution is 2.23. The maximum atomic E-state index is 12.9. The predicted octanol–water partition coefficient (Wildman–Crippen LogP) is 2.58. The molecule has 0 aromatic heterocycles. The maximum Gasteiger partial charge on any atom is 0.264 e. The molecule has 1 N–H and O–H groups in total. The molecular formula is C20H27N3O3S. The van der Waals surface area contributed by atoms with Crippen molar-refractivity contribution >= 4 is 21.6 Å². The third-order valence-corrected chi connectivity index (χ3v) is 6.02. The molecule has 0 atom stereocenters. The van der Waals surface area contributed by atoms with Gasteiger partial charge in [-0.3, -0.25) is 9.10 Å². The molecule has 0 heterocycles. The van der Waals surface area contributed by atoms with E-state index in [1.165, 1.54) is 4.31 Å². The van der Waals surface area contributed by atoms with Crippen LogP contribution in [0.2, 0.25) is 0 Å². The second-order valence-corrected chi connectivity index (χ2v) is 8.30. The summed E-state index contributed by atoms with van der Waals surface area (Å²) in [6.45, 7) is 3.59. The van der Waals surface area contributed by atoms with Crippen LogP contribution in [-0.4, -0.2) is 53.0 Å². The van der Waals surface area contributed by atoms with Gasteiger partial charge in [-0.15, -0.1) is 0 Å². The first-order chi connectivity index (χ1) is 12.9. The van der Waals surface area contributed by atoms with Crippen molar-refractivity contribution in [2.75, 3.05) is 38.0 Å². The van der Waals surface area contributed by atoms with E-state index < -0.39 is 10.0 Å². The van der Waals surface area contributed by atoms with Crippen LogP contribution < -0.4 is 9.62 Å². The SMILES string of the molecule is CCN(c1ccc(C(=O)NCCCN(C)C)cc1)S(=O)(=O)c1ccccc1. The minimum atomic E-state index is -3.63. The summed E-state index contributed by atoms with van der Waals surface area (Å²) in [6.07, 6.45) is 0.871. The van der Waals surface area contributed by atoms with Crippen LogP contribution in [0.25, 0.3) is 0 Å². The number of carbonyl (C=O) groups is 1. The van der Waals surface area contributed by atoms with Gasteiger partial charge in [0.1, 0.15) is 0 Å². The number of benzene rings is 2. The van der Waals surface area contributed by atoms with E-state index in [0.29, 0.717) is 24.3 Å². The molecule has 0 unspecified atom stereocenters. The highest BCUT2D eigenvalue weighted by molar-refractivity contribution is 7.92. The Morgan fingerprint density at radius 1 is 1.00 bits per heavy atom. The highest BCUT2D eigenvalue weighted by atomic mass is 32.2. The first-order valence-electron chi connectivity index (χ1n) is 8.97. The van der Waals surface area contributed by atoms with E-state index in [1.54, 1.807) is 61.5 Å². The van der Waals surface area contributed by atoms with Crippen LogP contribution in [0, 0.1) is 0 Å². The molecule has 1 amide bonds. The minimum absolute atomic E-state index is 0.158. The fraction of sp³-hybridized carbons (Fsp3) is 0.350. The summed E-state index contributed by atoms with van der Waals surface area (Å²) in [5, 5.41) is 2.88. The monoisotopic (exact) mass is 389 g/mol. The van der Waals surface area contributed by atoms with Gasteiger partial charge in [0, 0.05) is 18.7 Å². The summed E-state index contributed by atoms with van der Waals surface area (Å²) in [6, 6.07) is 15.0. The number of hydrogen-bond acceptors (Lipinski definition) is 4. The number of rotatable bonds is 9. The Labute approximate surface area is 161 Å². The van der Waals surface area contributed by atoms with Crippen molar-refractivity contribution in [3.63, 3.8) is 0 Å². The van der Waals surface area contributed by atoms with Crippen molar-refractivity contribution in [3.8, 4) is 0 Å². The van der Waals surface area contributed by atoms with E-state index in [0.717, 1.165) is 13.0 Å². The van der Waals surface area contributed by atoms with Crippen LogP contribution in [0.15, 0.2) is 59.5 Å². The average molecular weight is 390 g/mol. The van der Waals surface area contributed by atoms with Crippen LogP contribution in [0.4, 0.5) is 5.69 Å². The molecule has 0 bridgehead atoms. The fourth-order valence-corrected chi connectivity index (χ4v) is 4.18. The maximum absolute atomic E-state index is 12.9. The van der Waals surface area contributed by atoms with Crippen molar-refractivity contribution in [3.05, 3.63) is 60.2 Å². The van der Waals surface area contributed by atoms with Gasteiger partial charge >= 0.3 is 0 Å². The number of carbonyl (C=O) groups excluding carboxylic acids is 1. The Kier molecular flexibility index (Phi) is 7.38. The van der Waals surface area contributed by atoms with E-state index in [4.69, 9.17) is 0 Å². The first-order valence-corrected chi connectivity index (χ1v) is 10.4. The van der Waals surface area contributed by atoms with Gasteiger partial charge in [-0.05, 0) is 70.4 Å². The molecule has 6 nitrogen and oxygen atoms in total. The van der Waals surface area contributed by atoms with Crippen molar-refractivity contribution in [1.82, 2.24) is 10.2 Å². The third-order valence-electron chi connectivity index (χ3n) is 4.10. The van der Waals surface area contributed by atoms with Gasteiger partial charge in [0.15, 0.2) is 0 Å². The van der Waals surface area contributed by atoms with E-state index in [1.807, 2.05) is 14.1 Å². The van der Waals surface area contributed by atoms with Gasteiger partial charge in [0.25, 0.3) is 15.9 Å². The third kappa shape index (κ3) is 5.55. The summed E-state index contributed by atoms with van der Waals surface area (Å²) < 4.78 is 27.0. The molecule has 0 aliphatic rings. The minimum Gasteiger partial charge on any atom is -0.352 e. The zero-order chi connectivity index (χ0) is 19.9. The van der Waals surface area contributed by atoms with Gasteiger partial charge < -0.3 is 10.2 Å². The molecule has 0 saturated heterocycles. The van der Waals surface area contributed by atoms with Gasteiger partial charge in [0.2, 0.25) is 0 Å². The molecule has 0 saturated carbocycles. The molecule has 2 aromatic rings. The summed E-state index contributed by atoms with van der Waals surface area (Å²) in [7, 11) is 0.344. The lowest BCUT2D eigenvalue weighted by molar-refractivity contribution is 0.0952. The molecule has 0 aliphatic carbocycles. The molecule has 27 heavy (non-hydrogen) atoms. The summed E-state index contributed by atoms with van der Waals surface area (Å²) in [4.78, 5) is 14.5. The molecule has 0 fully saturated rings. The number of anilines is 1. The van der Waals surface area contributed by atoms with Gasteiger partial charge in [-0.2, -0.15) is 0 Å². The second kappa shape index (κ2) is 9.53. The molecule has 2 aromatic carbocycles. The Morgan fingerprint density at radius 3 is 2.19 bits per heavy atom. The van der Waals surface area contributed by atoms with Crippen molar-refractivity contribution < 1.29 is 13.2 Å². The van der Waals surface area contributed by atoms with Gasteiger partial charge in [-0.25, -0.2) is 8.42 Å². The first kappa shape index (κ1) is 20.9. The number of nitrogens with one attached hydrogen (secondary N) is 1. The molecule has 7 heteroatoms. The number of sulfonamides is 1. The van der Waals surface area contributed by atoms with Crippen LogP contribution in [-0.2, 0) is 10.0 Å². The average Bonchev–Trinajstić information content (AvgIpc) is 2.66. The smallest absolute Gasteiger partial charge is 0.264 e. The largest absolute Gasteiger partial charge is 0.352 e. The van der Waals surface area contributed by atoms with Gasteiger partial charge in [-0.1, -0.05) is 18.2 Å². The van der Waals surface area contributed by atoms with Crippen LogP contribution in [0.3, 0.4) is 0 Å². The van der Waals surface area contributed by atoms with Gasteiger partial charge in [0.05, 0.1) is 10.6 Å². The molecule has 146 valence electrons. The predicted molar refractivity (Wildman–Crippen MR) is 109 cm³/mol. The van der Waals surface area contributed by atoms with Crippen molar-refractivity contribution in [2.45, 2.75) is 18.2 Å². The quantitative estimate of drug-likeness (QED) is 0.669. The number of nitrogens with zero attached hydrogens (tertiary/aromatic N) is 2. The lowest BCUT2D eigenvalue weighted by Crippen LogP contribution is -2.31. The molecule has 0 radical (unpaired) electrons. The Balaban J connectivity index is 2.09.